The van der Waals surface area contributed by atoms with Crippen molar-refractivity contribution in [3.05, 3.63) is 0 Å². The summed E-state index contributed by atoms with van der Waals surface area (Å²) in [5.74, 6) is 0. The lowest BCUT2D eigenvalue weighted by atomic mass is 10.6. The van der Waals surface area contributed by atoms with Crippen molar-refractivity contribution in [3.8, 4) is 0 Å². The van der Waals surface area contributed by atoms with Crippen LogP contribution in [-0.2, 0) is 14.3 Å². The fraction of sp³-hybridized carbons (Fsp3) is 0.800. The minimum atomic E-state index is -5.76. The van der Waals surface area contributed by atoms with Crippen LogP contribution < -0.4 is 0 Å². The van der Waals surface area contributed by atoms with Gasteiger partial charge >= 0.3 is 12.3 Å². The summed E-state index contributed by atoms with van der Waals surface area (Å²) in [4.78, 5) is 9.44. The molecule has 8 heteroatoms. The van der Waals surface area contributed by atoms with Gasteiger partial charge in [-0.05, 0) is 0 Å². The summed E-state index contributed by atoms with van der Waals surface area (Å²) in [6.07, 6.45) is -11.0. The molecule has 0 rings (SSSR count). The molecule has 0 aromatic rings. The van der Waals surface area contributed by atoms with Crippen LogP contribution in [0.5, 0.6) is 0 Å². The van der Waals surface area contributed by atoms with E-state index in [0.717, 1.165) is 0 Å². The summed E-state index contributed by atoms with van der Waals surface area (Å²) in [7, 11) is 0. The molecule has 13 heavy (non-hydrogen) atoms. The van der Waals surface area contributed by atoms with Gasteiger partial charge in [-0.25, -0.2) is 0 Å². The predicted molar refractivity (Wildman–Crippen MR) is 29.0 cm³/mol. The van der Waals surface area contributed by atoms with Gasteiger partial charge in [-0.1, -0.05) is 0 Å². The van der Waals surface area contributed by atoms with Gasteiger partial charge in [0.1, 0.15) is 6.61 Å². The van der Waals surface area contributed by atoms with E-state index in [1.54, 1.807) is 0 Å². The lowest BCUT2D eigenvalue weighted by molar-refractivity contribution is -0.391. The fourth-order valence-electron chi connectivity index (χ4n) is 0.348. The third kappa shape index (κ3) is 4.02. The molecule has 0 radical (unpaired) electrons. The third-order valence-electron chi connectivity index (χ3n) is 0.883. The molecule has 78 valence electrons. The van der Waals surface area contributed by atoms with E-state index < -0.39 is 25.5 Å². The highest BCUT2D eigenvalue weighted by Gasteiger charge is 2.59. The quantitative estimate of drug-likeness (QED) is 0.388. The molecule has 0 aromatic heterocycles. The highest BCUT2D eigenvalue weighted by Crippen LogP contribution is 2.35. The van der Waals surface area contributed by atoms with Gasteiger partial charge in [-0.15, -0.1) is 0 Å². The lowest BCUT2D eigenvalue weighted by Gasteiger charge is -2.18. The number of carbonyl (C=O) groups excluding carboxylic acids is 1. The second-order valence-electron chi connectivity index (χ2n) is 1.83. The van der Waals surface area contributed by atoms with Crippen LogP contribution in [0.2, 0.25) is 0 Å². The Morgan fingerprint density at radius 3 is 2.00 bits per heavy atom. The number of hydrogen-bond acceptors (Lipinski definition) is 3. The van der Waals surface area contributed by atoms with E-state index in [1.807, 2.05) is 0 Å². The molecule has 0 aliphatic rings. The second-order valence-corrected chi connectivity index (χ2v) is 1.83. The Kier molecular flexibility index (Phi) is 4.05. The van der Waals surface area contributed by atoms with E-state index in [9.17, 15) is 26.7 Å². The van der Waals surface area contributed by atoms with Crippen LogP contribution in [0, 0.1) is 0 Å². The molecule has 0 heterocycles. The van der Waals surface area contributed by atoms with E-state index in [-0.39, 0.29) is 6.47 Å². The predicted octanol–water partition coefficient (Wildman–Crippen LogP) is 1.33. The minimum absolute atomic E-state index is 0.0882. The van der Waals surface area contributed by atoms with Gasteiger partial charge in [0.05, 0.1) is 6.61 Å². The number of alkyl halides is 5. The van der Waals surface area contributed by atoms with Gasteiger partial charge in [-0.3, -0.25) is 4.79 Å². The molecule has 0 aliphatic carbocycles. The molecule has 3 nitrogen and oxygen atoms in total. The topological polar surface area (TPSA) is 35.5 Å². The average Bonchev–Trinajstić information content (AvgIpc) is 1.96. The van der Waals surface area contributed by atoms with Crippen molar-refractivity contribution < 1.29 is 36.2 Å². The minimum Gasteiger partial charge on any atom is -0.465 e. The molecule has 0 bridgehead atoms. The van der Waals surface area contributed by atoms with Gasteiger partial charge in [0.2, 0.25) is 0 Å². The summed E-state index contributed by atoms with van der Waals surface area (Å²) in [6.45, 7) is -1.77. The van der Waals surface area contributed by atoms with Gasteiger partial charge in [0, 0.05) is 0 Å². The van der Waals surface area contributed by atoms with Crippen LogP contribution >= 0.6 is 0 Å². The largest absolute Gasteiger partial charge is 0.482 e. The summed E-state index contributed by atoms with van der Waals surface area (Å²) in [5, 5.41) is 0. The first-order valence-corrected chi connectivity index (χ1v) is 2.95. The van der Waals surface area contributed by atoms with Crippen molar-refractivity contribution in [3.63, 3.8) is 0 Å². The molecule has 0 atom stereocenters. The Hall–Kier alpha value is -0.920. The van der Waals surface area contributed by atoms with Crippen LogP contribution in [0.15, 0.2) is 0 Å². The second kappa shape index (κ2) is 4.35. The van der Waals surface area contributed by atoms with Gasteiger partial charge in [-0.2, -0.15) is 22.0 Å². The standard InChI is InChI=1S/C5H5F5O3/c6-4(7,8)5(9,10)13-2-1-12-3-11/h3H,1-2H2. The molecule has 0 aromatic carbocycles. The molecule has 0 unspecified atom stereocenters. The first kappa shape index (κ1) is 12.1. The smallest absolute Gasteiger partial charge is 0.465 e. The maximum absolute atomic E-state index is 11.9. The highest BCUT2D eigenvalue weighted by molar-refractivity contribution is 5.36. The average molecular weight is 208 g/mol. The zero-order chi connectivity index (χ0) is 10.5. The molecule has 0 saturated heterocycles. The Balaban J connectivity index is 3.83. The fourth-order valence-corrected chi connectivity index (χ4v) is 0.348. The molecular weight excluding hydrogens is 203 g/mol. The van der Waals surface area contributed by atoms with E-state index in [0.29, 0.717) is 0 Å². The van der Waals surface area contributed by atoms with E-state index in [2.05, 4.69) is 9.47 Å². The monoisotopic (exact) mass is 208 g/mol. The van der Waals surface area contributed by atoms with Crippen molar-refractivity contribution in [2.45, 2.75) is 12.3 Å². The number of carbonyl (C=O) groups is 1. The highest BCUT2D eigenvalue weighted by atomic mass is 19.4. The maximum atomic E-state index is 11.9. The van der Waals surface area contributed by atoms with Gasteiger partial charge < -0.3 is 9.47 Å². The van der Waals surface area contributed by atoms with Gasteiger partial charge in [0.15, 0.2) is 0 Å². The zero-order valence-corrected chi connectivity index (χ0v) is 6.11. The van der Waals surface area contributed by atoms with Crippen molar-refractivity contribution in [2.75, 3.05) is 13.2 Å². The van der Waals surface area contributed by atoms with Crippen LogP contribution in [-0.4, -0.2) is 32.0 Å². The van der Waals surface area contributed by atoms with Crippen LogP contribution in [0.3, 0.4) is 0 Å². The Labute approximate surface area is 69.4 Å². The normalized spacial score (nSPS) is 12.7. The van der Waals surface area contributed by atoms with Gasteiger partial charge in [0.25, 0.3) is 6.47 Å². The van der Waals surface area contributed by atoms with Crippen LogP contribution in [0.25, 0.3) is 0 Å². The molecule has 0 N–H and O–H groups in total. The molecule has 0 aliphatic heterocycles. The first-order chi connectivity index (χ1) is 5.81. The lowest BCUT2D eigenvalue weighted by Crippen LogP contribution is -2.39. The third-order valence-corrected chi connectivity index (χ3v) is 0.883. The Morgan fingerprint density at radius 1 is 1.08 bits per heavy atom. The molecule has 0 fully saturated rings. The van der Waals surface area contributed by atoms with E-state index in [1.165, 1.54) is 0 Å². The van der Waals surface area contributed by atoms with Crippen molar-refractivity contribution in [2.24, 2.45) is 0 Å². The van der Waals surface area contributed by atoms with E-state index in [4.69, 9.17) is 0 Å². The number of halogens is 5. The van der Waals surface area contributed by atoms with Crippen molar-refractivity contribution in [1.29, 1.82) is 0 Å². The summed E-state index contributed by atoms with van der Waals surface area (Å²) in [6, 6.07) is 0. The SMILES string of the molecule is O=COCCOC(F)(F)C(F)(F)F. The summed E-state index contributed by atoms with van der Waals surface area (Å²) >= 11 is 0. The molecule has 0 amide bonds. The zero-order valence-electron chi connectivity index (χ0n) is 6.11. The van der Waals surface area contributed by atoms with Crippen LogP contribution in [0.4, 0.5) is 22.0 Å². The van der Waals surface area contributed by atoms with E-state index >= 15 is 0 Å². The van der Waals surface area contributed by atoms with Crippen molar-refractivity contribution in [1.82, 2.24) is 0 Å². The Morgan fingerprint density at radius 2 is 1.62 bits per heavy atom. The molecule has 0 spiro atoms. The number of rotatable bonds is 5. The first-order valence-electron chi connectivity index (χ1n) is 2.95. The Bertz CT molecular complexity index is 166. The molecular formula is C5H5F5O3. The summed E-state index contributed by atoms with van der Waals surface area (Å²) < 4.78 is 64.8. The number of hydrogen-bond donors (Lipinski definition) is 0. The summed E-state index contributed by atoms with van der Waals surface area (Å²) in [5.41, 5.74) is 0. The number of ether oxygens (including phenoxy) is 2. The molecule has 0 saturated carbocycles. The maximum Gasteiger partial charge on any atom is 0.482 e. The van der Waals surface area contributed by atoms with Crippen LogP contribution in [0.1, 0.15) is 0 Å². The van der Waals surface area contributed by atoms with Crippen molar-refractivity contribution >= 4 is 6.47 Å².